The van der Waals surface area contributed by atoms with E-state index < -0.39 is 0 Å². The van der Waals surface area contributed by atoms with E-state index in [1.165, 1.54) is 32.6 Å². The summed E-state index contributed by atoms with van der Waals surface area (Å²) in [6.07, 6.45) is 4.96. The van der Waals surface area contributed by atoms with E-state index in [2.05, 4.69) is 120 Å². The monoisotopic (exact) mass is 464 g/mol. The molecule has 2 aliphatic rings. The lowest BCUT2D eigenvalue weighted by Crippen LogP contribution is -2.38. The Kier molecular flexibility index (Phi) is 3.90. The Bertz CT molecular complexity index is 1970. The number of hydrogen-bond acceptors (Lipinski definition) is 4. The third-order valence-electron chi connectivity index (χ3n) is 7.08. The van der Waals surface area contributed by atoms with Gasteiger partial charge in [-0.1, -0.05) is 60.7 Å². The van der Waals surface area contributed by atoms with Crippen LogP contribution >= 0.6 is 0 Å². The zero-order chi connectivity index (χ0) is 23.6. The summed E-state index contributed by atoms with van der Waals surface area (Å²) in [5.74, 6) is 1.56. The number of nitrogens with one attached hydrogen (secondary N) is 1. The van der Waals surface area contributed by atoms with Crippen molar-refractivity contribution >= 4 is 67.7 Å². The van der Waals surface area contributed by atoms with E-state index in [0.717, 1.165) is 22.5 Å². The minimum absolute atomic E-state index is 0.286. The van der Waals surface area contributed by atoms with E-state index in [4.69, 9.17) is 0 Å². The highest BCUT2D eigenvalue weighted by Gasteiger charge is 2.25. The molecule has 8 rings (SSSR count). The van der Waals surface area contributed by atoms with E-state index in [0.29, 0.717) is 5.84 Å². The Morgan fingerprint density at radius 2 is 1.39 bits per heavy atom. The number of hydrogen-bond donors (Lipinski definition) is 1. The molecule has 1 atom stereocenters. The summed E-state index contributed by atoms with van der Waals surface area (Å²) in [6.45, 7) is 0. The van der Waals surface area contributed by atoms with E-state index >= 15 is 0 Å². The normalized spacial score (nSPS) is 16.9. The van der Waals surface area contributed by atoms with Crippen LogP contribution in [0.3, 0.4) is 0 Å². The van der Waals surface area contributed by atoms with E-state index in [1.807, 2.05) is 6.20 Å². The van der Waals surface area contributed by atoms with Gasteiger partial charge >= 0.3 is 0 Å². The molecule has 170 valence electrons. The Morgan fingerprint density at radius 3 is 2.25 bits per heavy atom. The first kappa shape index (κ1) is 19.3. The Balaban J connectivity index is 1.54. The van der Waals surface area contributed by atoms with Gasteiger partial charge in [0.25, 0.3) is 0 Å². The number of rotatable bonds is 2. The molecular weight excluding hydrogens is 444 g/mol. The van der Waals surface area contributed by atoms with Crippen molar-refractivity contribution < 1.29 is 0 Å². The van der Waals surface area contributed by atoms with Gasteiger partial charge in [0.1, 0.15) is 5.82 Å². The fraction of sp³-hybridized carbons (Fsp3) is 0.0333. The van der Waals surface area contributed by atoms with E-state index in [9.17, 15) is 0 Å². The third-order valence-corrected chi connectivity index (χ3v) is 7.08. The summed E-state index contributed by atoms with van der Waals surface area (Å²) in [5, 5.41) is 8.43. The summed E-state index contributed by atoms with van der Waals surface area (Å²) in [6, 6.07) is 32.3. The molecule has 6 nitrogen and oxygen atoms in total. The molecule has 0 saturated carbocycles. The van der Waals surface area contributed by atoms with E-state index in [1.54, 1.807) is 12.4 Å². The first-order valence-corrected chi connectivity index (χ1v) is 12.0. The highest BCUT2D eigenvalue weighted by atomic mass is 15.3. The lowest BCUT2D eigenvalue weighted by Gasteiger charge is -2.23. The van der Waals surface area contributed by atoms with Crippen molar-refractivity contribution in [3.05, 3.63) is 97.2 Å². The quantitative estimate of drug-likeness (QED) is 0.329. The maximum Gasteiger partial charge on any atom is 0.180 e. The highest BCUT2D eigenvalue weighted by molar-refractivity contribution is 6.26. The first-order valence-electron chi connectivity index (χ1n) is 12.0. The predicted octanol–water partition coefficient (Wildman–Crippen LogP) is 6.13. The molecule has 2 aliphatic heterocycles. The molecule has 36 heavy (non-hydrogen) atoms. The van der Waals surface area contributed by atoms with Crippen molar-refractivity contribution in [2.75, 3.05) is 0 Å². The average molecular weight is 465 g/mol. The van der Waals surface area contributed by atoms with Crippen LogP contribution in [0.5, 0.6) is 0 Å². The van der Waals surface area contributed by atoms with Gasteiger partial charge in [-0.15, -0.1) is 0 Å². The van der Waals surface area contributed by atoms with Crippen molar-refractivity contribution in [1.82, 2.24) is 14.5 Å². The zero-order valence-corrected chi connectivity index (χ0v) is 19.2. The van der Waals surface area contributed by atoms with Crippen molar-refractivity contribution in [1.29, 1.82) is 0 Å². The van der Waals surface area contributed by atoms with Gasteiger partial charge in [0.2, 0.25) is 0 Å². The maximum atomic E-state index is 4.62. The molecule has 1 unspecified atom stereocenters. The molecule has 1 N–H and O–H groups in total. The van der Waals surface area contributed by atoms with Gasteiger partial charge < -0.3 is 9.88 Å². The van der Waals surface area contributed by atoms with Crippen LogP contribution in [0, 0.1) is 0 Å². The van der Waals surface area contributed by atoms with Crippen LogP contribution < -0.4 is 5.32 Å². The van der Waals surface area contributed by atoms with Crippen molar-refractivity contribution in [3.63, 3.8) is 0 Å². The number of para-hydroxylation sites is 3. The molecule has 4 aromatic carbocycles. The Morgan fingerprint density at radius 1 is 0.639 bits per heavy atom. The Hall–Kier alpha value is -4.97. The third kappa shape index (κ3) is 2.58. The fourth-order valence-corrected chi connectivity index (χ4v) is 5.62. The SMILES string of the molecule is C1=NC2=NC=C(n3c4ccccc4c4c3ccc3c5ccccc5n(-c5ccccc5)c34)NC2N=C1. The van der Waals surface area contributed by atoms with E-state index in [-0.39, 0.29) is 6.17 Å². The Labute approximate surface area is 206 Å². The van der Waals surface area contributed by atoms with Crippen LogP contribution in [-0.2, 0) is 0 Å². The molecule has 0 saturated heterocycles. The summed E-state index contributed by atoms with van der Waals surface area (Å²) in [4.78, 5) is 13.5. The molecule has 6 aromatic rings. The minimum Gasteiger partial charge on any atom is -0.342 e. The first-order chi connectivity index (χ1) is 17.9. The number of aromatic nitrogens is 2. The van der Waals surface area contributed by atoms with Crippen LogP contribution in [0.15, 0.2) is 112 Å². The molecule has 0 aliphatic carbocycles. The smallest absolute Gasteiger partial charge is 0.180 e. The van der Waals surface area contributed by atoms with Crippen LogP contribution in [0.1, 0.15) is 0 Å². The topological polar surface area (TPSA) is 59.0 Å². The van der Waals surface area contributed by atoms with Crippen molar-refractivity contribution in [2.45, 2.75) is 6.17 Å². The van der Waals surface area contributed by atoms with Crippen LogP contribution in [0.25, 0.3) is 55.1 Å². The second-order valence-electron chi connectivity index (χ2n) is 9.02. The highest BCUT2D eigenvalue weighted by Crippen LogP contribution is 2.41. The van der Waals surface area contributed by atoms with Gasteiger partial charge in [0.05, 0.1) is 28.3 Å². The predicted molar refractivity (Wildman–Crippen MR) is 149 cm³/mol. The molecular formula is C30H20N6. The van der Waals surface area contributed by atoms with Gasteiger partial charge in [-0.2, -0.15) is 0 Å². The largest absolute Gasteiger partial charge is 0.342 e. The van der Waals surface area contributed by atoms with Crippen LogP contribution in [0.2, 0.25) is 0 Å². The molecule has 0 radical (unpaired) electrons. The molecule has 0 spiro atoms. The number of aliphatic imine (C=N–C) groups is 3. The number of fused-ring (bicyclic) bond motifs is 8. The molecule has 0 amide bonds. The standard InChI is InChI=1S/C30H20N6/c1-2-8-19(9-3-1)35-23-12-6-4-10-20(23)21-14-15-25-27(28(21)35)22-11-5-7-13-24(22)36(25)26-18-33-29-30(34-26)32-17-16-31-29/h1-18,30,34H. The summed E-state index contributed by atoms with van der Waals surface area (Å²) in [7, 11) is 0. The second kappa shape index (κ2) is 7.26. The lowest BCUT2D eigenvalue weighted by molar-refractivity contribution is 0.744. The molecule has 0 fully saturated rings. The van der Waals surface area contributed by atoms with Crippen LogP contribution in [0.4, 0.5) is 0 Å². The fourth-order valence-electron chi connectivity index (χ4n) is 5.62. The molecule has 6 heteroatoms. The summed E-state index contributed by atoms with van der Waals surface area (Å²) >= 11 is 0. The molecule has 4 heterocycles. The lowest BCUT2D eigenvalue weighted by atomic mass is 10.1. The van der Waals surface area contributed by atoms with Gasteiger partial charge in [-0.25, -0.2) is 9.98 Å². The van der Waals surface area contributed by atoms with Crippen LogP contribution in [-0.4, -0.2) is 33.6 Å². The van der Waals surface area contributed by atoms with Gasteiger partial charge in [0.15, 0.2) is 12.0 Å². The minimum atomic E-state index is -0.286. The van der Waals surface area contributed by atoms with Gasteiger partial charge in [-0.05, 0) is 30.3 Å². The van der Waals surface area contributed by atoms with Crippen molar-refractivity contribution in [3.8, 4) is 5.69 Å². The summed E-state index contributed by atoms with van der Waals surface area (Å²) < 4.78 is 4.65. The molecule has 2 aromatic heterocycles. The molecule has 0 bridgehead atoms. The van der Waals surface area contributed by atoms with Gasteiger partial charge in [0, 0.05) is 39.7 Å². The zero-order valence-electron chi connectivity index (χ0n) is 19.2. The number of benzene rings is 4. The number of nitrogens with zero attached hydrogens (tertiary/aromatic N) is 5. The van der Waals surface area contributed by atoms with Gasteiger partial charge in [-0.3, -0.25) is 9.56 Å². The summed E-state index contributed by atoms with van der Waals surface area (Å²) in [5.41, 5.74) is 5.78. The maximum absolute atomic E-state index is 4.62. The number of amidine groups is 1. The average Bonchev–Trinajstić information content (AvgIpc) is 3.46. The van der Waals surface area contributed by atoms with Crippen molar-refractivity contribution in [2.24, 2.45) is 15.0 Å². The second-order valence-corrected chi connectivity index (χ2v) is 9.02.